The van der Waals surface area contributed by atoms with Crippen LogP contribution in [-0.4, -0.2) is 22.7 Å². The largest absolute Gasteiger partial charge is 0.359 e. The average molecular weight is 308 g/mol. The van der Waals surface area contributed by atoms with Gasteiger partial charge in [0.05, 0.1) is 5.01 Å². The van der Waals surface area contributed by atoms with Gasteiger partial charge in [-0.3, -0.25) is 0 Å². The molecule has 0 aliphatic rings. The molecule has 6 nitrogen and oxygen atoms in total. The van der Waals surface area contributed by atoms with Crippen LogP contribution < -0.4 is 10.6 Å². The molecule has 2 heterocycles. The van der Waals surface area contributed by atoms with Crippen molar-refractivity contribution in [1.29, 1.82) is 0 Å². The van der Waals surface area contributed by atoms with Crippen LogP contribution in [0, 0.1) is 13.8 Å². The molecular formula is C14H20N4O2S. The minimum Gasteiger partial charge on any atom is -0.359 e. The van der Waals surface area contributed by atoms with Crippen molar-refractivity contribution in [3.63, 3.8) is 0 Å². The van der Waals surface area contributed by atoms with Crippen LogP contribution in [0.2, 0.25) is 0 Å². The fourth-order valence-electron chi connectivity index (χ4n) is 1.91. The van der Waals surface area contributed by atoms with Crippen LogP contribution in [-0.2, 0) is 6.42 Å². The third-order valence-corrected chi connectivity index (χ3v) is 4.31. The Morgan fingerprint density at radius 2 is 2.24 bits per heavy atom. The molecule has 114 valence electrons. The lowest BCUT2D eigenvalue weighted by Crippen LogP contribution is -2.32. The highest BCUT2D eigenvalue weighted by atomic mass is 32.1. The van der Waals surface area contributed by atoms with Crippen molar-refractivity contribution in [2.45, 2.75) is 40.0 Å². The van der Waals surface area contributed by atoms with Crippen LogP contribution in [0.15, 0.2) is 9.90 Å². The number of aryl methyl sites for hydroxylation is 3. The van der Waals surface area contributed by atoms with Crippen molar-refractivity contribution in [3.05, 3.63) is 27.5 Å². The number of nitrogens with one attached hydrogen (secondary N) is 2. The third kappa shape index (κ3) is 3.81. The van der Waals surface area contributed by atoms with Gasteiger partial charge in [-0.15, -0.1) is 11.3 Å². The lowest BCUT2D eigenvalue weighted by molar-refractivity contribution is 0.251. The van der Waals surface area contributed by atoms with Gasteiger partial charge in [0, 0.05) is 30.0 Å². The molecule has 0 aliphatic heterocycles. The second-order valence-electron chi connectivity index (χ2n) is 4.98. The van der Waals surface area contributed by atoms with Gasteiger partial charge in [-0.05, 0) is 13.8 Å². The quantitative estimate of drug-likeness (QED) is 0.888. The van der Waals surface area contributed by atoms with Crippen LogP contribution in [0.3, 0.4) is 0 Å². The van der Waals surface area contributed by atoms with Gasteiger partial charge in [0.25, 0.3) is 0 Å². The Balaban J connectivity index is 1.89. The van der Waals surface area contributed by atoms with E-state index in [1.54, 1.807) is 18.3 Å². The predicted octanol–water partition coefficient (Wildman–Crippen LogP) is 3.24. The van der Waals surface area contributed by atoms with Crippen LogP contribution in [0.5, 0.6) is 0 Å². The number of rotatable bonds is 5. The topological polar surface area (TPSA) is 80.0 Å². The molecule has 7 heteroatoms. The highest BCUT2D eigenvalue weighted by Crippen LogP contribution is 2.21. The molecule has 0 radical (unpaired) electrons. The van der Waals surface area contributed by atoms with Crippen molar-refractivity contribution in [3.8, 4) is 0 Å². The van der Waals surface area contributed by atoms with E-state index in [-0.39, 0.29) is 11.9 Å². The predicted molar refractivity (Wildman–Crippen MR) is 82.9 cm³/mol. The Morgan fingerprint density at radius 1 is 1.48 bits per heavy atom. The molecule has 2 aromatic rings. The van der Waals surface area contributed by atoms with Crippen molar-refractivity contribution in [1.82, 2.24) is 15.5 Å². The summed E-state index contributed by atoms with van der Waals surface area (Å²) in [4.78, 5) is 16.4. The first kappa shape index (κ1) is 15.5. The zero-order valence-electron chi connectivity index (χ0n) is 12.7. The zero-order valence-corrected chi connectivity index (χ0v) is 13.5. The Labute approximate surface area is 127 Å². The van der Waals surface area contributed by atoms with Crippen LogP contribution >= 0.6 is 11.3 Å². The van der Waals surface area contributed by atoms with Gasteiger partial charge >= 0.3 is 6.03 Å². The molecule has 0 saturated heterocycles. The molecule has 0 bridgehead atoms. The number of nitrogens with zero attached hydrogens (tertiary/aromatic N) is 2. The molecule has 0 unspecified atom stereocenters. The Morgan fingerprint density at radius 3 is 2.86 bits per heavy atom. The minimum atomic E-state index is -0.254. The highest BCUT2D eigenvalue weighted by molar-refractivity contribution is 7.09. The summed E-state index contributed by atoms with van der Waals surface area (Å²) in [5, 5.41) is 12.6. The van der Waals surface area contributed by atoms with Gasteiger partial charge in [-0.25, -0.2) is 9.78 Å². The number of thiazole rings is 1. The molecule has 0 aliphatic carbocycles. The molecule has 0 fully saturated rings. The summed E-state index contributed by atoms with van der Waals surface area (Å²) in [6, 6.07) is -0.254. The van der Waals surface area contributed by atoms with E-state index in [1.807, 2.05) is 26.2 Å². The van der Waals surface area contributed by atoms with Gasteiger partial charge in [-0.2, -0.15) is 0 Å². The van der Waals surface area contributed by atoms with Crippen LogP contribution in [0.1, 0.15) is 41.9 Å². The summed E-state index contributed by atoms with van der Waals surface area (Å²) >= 11 is 1.62. The second kappa shape index (κ2) is 6.71. The SMILES string of the molecule is CCc1onc(C)c1NC(=O)NC[C@@H](C)c1nc(C)cs1. The smallest absolute Gasteiger partial charge is 0.319 e. The maximum atomic E-state index is 12.0. The average Bonchev–Trinajstić information content (AvgIpc) is 3.03. The van der Waals surface area contributed by atoms with E-state index in [0.29, 0.717) is 30.1 Å². The number of carbonyl (C=O) groups is 1. The number of carbonyl (C=O) groups excluding carboxylic acids is 1. The number of anilines is 1. The van der Waals surface area contributed by atoms with E-state index in [4.69, 9.17) is 4.52 Å². The molecule has 2 N–H and O–H groups in total. The first-order valence-corrected chi connectivity index (χ1v) is 7.81. The monoisotopic (exact) mass is 308 g/mol. The molecular weight excluding hydrogens is 288 g/mol. The number of hydrogen-bond donors (Lipinski definition) is 2. The summed E-state index contributed by atoms with van der Waals surface area (Å²) < 4.78 is 5.14. The molecule has 0 saturated carbocycles. The summed E-state index contributed by atoms with van der Waals surface area (Å²) in [6.45, 7) is 8.30. The molecule has 21 heavy (non-hydrogen) atoms. The third-order valence-electron chi connectivity index (χ3n) is 3.12. The van der Waals surface area contributed by atoms with Gasteiger partial charge in [-0.1, -0.05) is 19.0 Å². The lowest BCUT2D eigenvalue weighted by atomic mass is 10.2. The molecule has 0 spiro atoms. The molecule has 2 aromatic heterocycles. The van der Waals surface area contributed by atoms with Crippen molar-refractivity contribution in [2.24, 2.45) is 0 Å². The second-order valence-corrected chi connectivity index (χ2v) is 5.87. The summed E-state index contributed by atoms with van der Waals surface area (Å²) in [6.07, 6.45) is 0.686. The number of hydrogen-bond acceptors (Lipinski definition) is 5. The molecule has 0 aromatic carbocycles. The minimum absolute atomic E-state index is 0.184. The Kier molecular flexibility index (Phi) is 4.95. The van der Waals surface area contributed by atoms with E-state index in [9.17, 15) is 4.79 Å². The van der Waals surface area contributed by atoms with Crippen LogP contribution in [0.4, 0.5) is 10.5 Å². The lowest BCUT2D eigenvalue weighted by Gasteiger charge is -2.11. The number of aromatic nitrogens is 2. The maximum absolute atomic E-state index is 12.0. The zero-order chi connectivity index (χ0) is 15.4. The summed E-state index contributed by atoms with van der Waals surface area (Å²) in [5.74, 6) is 0.870. The van der Waals surface area contributed by atoms with Crippen LogP contribution in [0.25, 0.3) is 0 Å². The Hall–Kier alpha value is -1.89. The summed E-state index contributed by atoms with van der Waals surface area (Å²) in [7, 11) is 0. The van der Waals surface area contributed by atoms with E-state index in [2.05, 4.69) is 20.8 Å². The normalized spacial score (nSPS) is 12.2. The van der Waals surface area contributed by atoms with Crippen molar-refractivity contribution in [2.75, 3.05) is 11.9 Å². The standard InChI is InChI=1S/C14H20N4O2S/c1-5-11-12(10(4)18-20-11)17-14(19)15-6-8(2)13-16-9(3)7-21-13/h7-8H,5-6H2,1-4H3,(H2,15,17,19)/t8-/m1/s1. The number of urea groups is 1. The van der Waals surface area contributed by atoms with Gasteiger partial charge in [0.2, 0.25) is 0 Å². The first-order chi connectivity index (χ1) is 10.0. The van der Waals surface area contributed by atoms with E-state index >= 15 is 0 Å². The fourth-order valence-corrected chi connectivity index (χ4v) is 2.76. The summed E-state index contributed by atoms with van der Waals surface area (Å²) in [5.41, 5.74) is 2.36. The van der Waals surface area contributed by atoms with Crippen molar-refractivity contribution < 1.29 is 9.32 Å². The van der Waals surface area contributed by atoms with Gasteiger partial charge in [0.15, 0.2) is 5.76 Å². The van der Waals surface area contributed by atoms with Gasteiger partial charge in [0.1, 0.15) is 11.4 Å². The maximum Gasteiger partial charge on any atom is 0.319 e. The first-order valence-electron chi connectivity index (χ1n) is 6.93. The Bertz CT molecular complexity index is 620. The molecule has 2 rings (SSSR count). The fraction of sp³-hybridized carbons (Fsp3) is 0.500. The van der Waals surface area contributed by atoms with E-state index in [1.165, 1.54) is 0 Å². The van der Waals surface area contributed by atoms with Gasteiger partial charge < -0.3 is 15.2 Å². The highest BCUT2D eigenvalue weighted by Gasteiger charge is 2.15. The molecule has 1 atom stereocenters. The number of amides is 2. The van der Waals surface area contributed by atoms with E-state index < -0.39 is 0 Å². The van der Waals surface area contributed by atoms with E-state index in [0.717, 1.165) is 10.7 Å². The molecule has 2 amide bonds. The van der Waals surface area contributed by atoms with Crippen molar-refractivity contribution >= 4 is 23.1 Å².